The normalized spacial score (nSPS) is 10.9. The Morgan fingerprint density at radius 1 is 1.00 bits per heavy atom. The maximum Gasteiger partial charge on any atom is 0.299 e. The molecule has 2 heterocycles. The standard InChI is InChI=1S/C17H13N3O/c1-2-4-13(5-3-1)16-11-19-17(21-16)20-14-7-6-12-8-9-18-15(12)10-14/h1-11,18H,(H,19,20). The molecule has 2 aromatic heterocycles. The van der Waals surface area contributed by atoms with Gasteiger partial charge >= 0.3 is 0 Å². The van der Waals surface area contributed by atoms with Crippen molar-refractivity contribution in [2.24, 2.45) is 0 Å². The van der Waals surface area contributed by atoms with Crippen molar-refractivity contribution in [2.45, 2.75) is 0 Å². The van der Waals surface area contributed by atoms with Crippen molar-refractivity contribution in [3.63, 3.8) is 0 Å². The Morgan fingerprint density at radius 2 is 1.90 bits per heavy atom. The van der Waals surface area contributed by atoms with Crippen molar-refractivity contribution >= 4 is 22.6 Å². The first kappa shape index (κ1) is 11.8. The summed E-state index contributed by atoms with van der Waals surface area (Å²) in [5.74, 6) is 0.749. The zero-order valence-electron chi connectivity index (χ0n) is 11.2. The lowest BCUT2D eigenvalue weighted by atomic mass is 10.2. The lowest BCUT2D eigenvalue weighted by Gasteiger charge is -2.01. The molecule has 0 radical (unpaired) electrons. The van der Waals surface area contributed by atoms with Gasteiger partial charge < -0.3 is 14.7 Å². The predicted molar refractivity (Wildman–Crippen MR) is 83.5 cm³/mol. The number of benzene rings is 2. The predicted octanol–water partition coefficient (Wildman–Crippen LogP) is 4.57. The van der Waals surface area contributed by atoms with Gasteiger partial charge in [0.2, 0.25) is 0 Å². The molecule has 0 amide bonds. The van der Waals surface area contributed by atoms with E-state index in [2.05, 4.69) is 21.4 Å². The number of hydrogen-bond acceptors (Lipinski definition) is 3. The van der Waals surface area contributed by atoms with Gasteiger partial charge in [0.05, 0.1) is 6.20 Å². The maximum absolute atomic E-state index is 5.73. The van der Waals surface area contributed by atoms with E-state index in [1.54, 1.807) is 6.20 Å². The second kappa shape index (κ2) is 4.83. The lowest BCUT2D eigenvalue weighted by Crippen LogP contribution is -1.89. The van der Waals surface area contributed by atoms with Gasteiger partial charge in [-0.15, -0.1) is 0 Å². The minimum absolute atomic E-state index is 0.486. The SMILES string of the molecule is c1ccc(-c2cnc(Nc3ccc4cc[nH]c4c3)o2)cc1. The van der Waals surface area contributed by atoms with Crippen molar-refractivity contribution in [2.75, 3.05) is 5.32 Å². The van der Waals surface area contributed by atoms with Crippen LogP contribution in [-0.2, 0) is 0 Å². The smallest absolute Gasteiger partial charge is 0.299 e. The van der Waals surface area contributed by atoms with E-state index in [0.29, 0.717) is 6.01 Å². The molecular weight excluding hydrogens is 262 g/mol. The van der Waals surface area contributed by atoms with Gasteiger partial charge in [0.25, 0.3) is 6.01 Å². The third-order valence-corrected chi connectivity index (χ3v) is 3.37. The van der Waals surface area contributed by atoms with Crippen LogP contribution in [0.1, 0.15) is 0 Å². The molecule has 4 aromatic rings. The number of hydrogen-bond donors (Lipinski definition) is 2. The minimum Gasteiger partial charge on any atom is -0.423 e. The second-order valence-electron chi connectivity index (χ2n) is 4.80. The van der Waals surface area contributed by atoms with Gasteiger partial charge in [0, 0.05) is 23.0 Å². The van der Waals surface area contributed by atoms with Crippen LogP contribution < -0.4 is 5.32 Å². The summed E-state index contributed by atoms with van der Waals surface area (Å²) in [5.41, 5.74) is 3.03. The molecule has 0 fully saturated rings. The van der Waals surface area contributed by atoms with Crippen LogP contribution >= 0.6 is 0 Å². The zero-order chi connectivity index (χ0) is 14.1. The highest BCUT2D eigenvalue weighted by atomic mass is 16.4. The fraction of sp³-hybridized carbons (Fsp3) is 0. The summed E-state index contributed by atoms with van der Waals surface area (Å²) in [6, 6.07) is 18.5. The zero-order valence-corrected chi connectivity index (χ0v) is 11.2. The number of fused-ring (bicyclic) bond motifs is 1. The maximum atomic E-state index is 5.73. The summed E-state index contributed by atoms with van der Waals surface area (Å²) in [7, 11) is 0. The van der Waals surface area contributed by atoms with Crippen LogP contribution in [0.3, 0.4) is 0 Å². The molecular formula is C17H13N3O. The van der Waals surface area contributed by atoms with Crippen molar-refractivity contribution in [3.05, 3.63) is 67.0 Å². The first-order chi connectivity index (χ1) is 10.4. The van der Waals surface area contributed by atoms with E-state index < -0.39 is 0 Å². The van der Waals surface area contributed by atoms with Gasteiger partial charge in [-0.2, -0.15) is 0 Å². The van der Waals surface area contributed by atoms with Gasteiger partial charge in [0.15, 0.2) is 5.76 Å². The molecule has 2 N–H and O–H groups in total. The number of nitrogens with zero attached hydrogens (tertiary/aromatic N) is 1. The van der Waals surface area contributed by atoms with Crippen LogP contribution in [0.25, 0.3) is 22.2 Å². The summed E-state index contributed by atoms with van der Waals surface area (Å²) in [6.07, 6.45) is 3.65. The van der Waals surface area contributed by atoms with Crippen LogP contribution in [0.4, 0.5) is 11.7 Å². The third-order valence-electron chi connectivity index (χ3n) is 3.37. The van der Waals surface area contributed by atoms with E-state index >= 15 is 0 Å². The second-order valence-corrected chi connectivity index (χ2v) is 4.80. The molecule has 0 saturated carbocycles. The van der Waals surface area contributed by atoms with E-state index in [0.717, 1.165) is 22.5 Å². The molecule has 0 aliphatic heterocycles. The Morgan fingerprint density at radius 3 is 2.81 bits per heavy atom. The van der Waals surface area contributed by atoms with Gasteiger partial charge in [-0.05, 0) is 23.6 Å². The van der Waals surface area contributed by atoms with E-state index in [1.807, 2.05) is 54.7 Å². The first-order valence-corrected chi connectivity index (χ1v) is 6.74. The fourth-order valence-corrected chi connectivity index (χ4v) is 2.32. The average Bonchev–Trinajstić information content (AvgIpc) is 3.17. The number of aromatic amines is 1. The molecule has 0 atom stereocenters. The van der Waals surface area contributed by atoms with Crippen LogP contribution in [0.15, 0.2) is 71.4 Å². The van der Waals surface area contributed by atoms with Crippen LogP contribution in [0.5, 0.6) is 0 Å². The molecule has 21 heavy (non-hydrogen) atoms. The Balaban J connectivity index is 1.61. The molecule has 0 unspecified atom stereocenters. The van der Waals surface area contributed by atoms with Crippen molar-refractivity contribution < 1.29 is 4.42 Å². The highest BCUT2D eigenvalue weighted by Crippen LogP contribution is 2.25. The Kier molecular flexibility index (Phi) is 2.71. The number of oxazole rings is 1. The molecule has 2 aromatic carbocycles. The van der Waals surface area contributed by atoms with E-state index in [1.165, 1.54) is 5.39 Å². The number of rotatable bonds is 3. The largest absolute Gasteiger partial charge is 0.423 e. The summed E-state index contributed by atoms with van der Waals surface area (Å²) >= 11 is 0. The van der Waals surface area contributed by atoms with Crippen LogP contribution in [0.2, 0.25) is 0 Å². The first-order valence-electron chi connectivity index (χ1n) is 6.74. The molecule has 102 valence electrons. The Hall–Kier alpha value is -3.01. The molecule has 4 nitrogen and oxygen atoms in total. The Labute approximate surface area is 121 Å². The quantitative estimate of drug-likeness (QED) is 0.576. The Bertz CT molecular complexity index is 877. The fourth-order valence-electron chi connectivity index (χ4n) is 2.32. The van der Waals surface area contributed by atoms with Gasteiger partial charge in [-0.3, -0.25) is 0 Å². The molecule has 0 spiro atoms. The minimum atomic E-state index is 0.486. The number of anilines is 2. The highest BCUT2D eigenvalue weighted by Gasteiger charge is 2.06. The summed E-state index contributed by atoms with van der Waals surface area (Å²) in [6.45, 7) is 0. The molecule has 0 aliphatic carbocycles. The van der Waals surface area contributed by atoms with Gasteiger partial charge in [-0.1, -0.05) is 36.4 Å². The van der Waals surface area contributed by atoms with Crippen LogP contribution in [-0.4, -0.2) is 9.97 Å². The van der Waals surface area contributed by atoms with Crippen molar-refractivity contribution in [1.82, 2.24) is 9.97 Å². The summed E-state index contributed by atoms with van der Waals surface area (Å²) in [4.78, 5) is 7.45. The molecule has 0 aliphatic rings. The van der Waals surface area contributed by atoms with Gasteiger partial charge in [0.1, 0.15) is 0 Å². The highest BCUT2D eigenvalue weighted by molar-refractivity contribution is 5.83. The summed E-state index contributed by atoms with van der Waals surface area (Å²) in [5, 5.41) is 4.36. The molecule has 4 rings (SSSR count). The summed E-state index contributed by atoms with van der Waals surface area (Å²) < 4.78 is 5.73. The van der Waals surface area contributed by atoms with Crippen molar-refractivity contribution in [3.8, 4) is 11.3 Å². The van der Waals surface area contributed by atoms with E-state index in [4.69, 9.17) is 4.42 Å². The van der Waals surface area contributed by atoms with Gasteiger partial charge in [-0.25, -0.2) is 4.98 Å². The number of aromatic nitrogens is 2. The van der Waals surface area contributed by atoms with Crippen molar-refractivity contribution in [1.29, 1.82) is 0 Å². The monoisotopic (exact) mass is 275 g/mol. The molecule has 0 saturated heterocycles. The third kappa shape index (κ3) is 2.27. The average molecular weight is 275 g/mol. The molecule has 0 bridgehead atoms. The number of nitrogens with one attached hydrogen (secondary N) is 2. The van der Waals surface area contributed by atoms with Crippen LogP contribution in [0, 0.1) is 0 Å². The topological polar surface area (TPSA) is 53.9 Å². The van der Waals surface area contributed by atoms with E-state index in [9.17, 15) is 0 Å². The van der Waals surface area contributed by atoms with E-state index in [-0.39, 0.29) is 0 Å². The number of H-pyrrole nitrogens is 1. The molecule has 4 heteroatoms. The lowest BCUT2D eigenvalue weighted by molar-refractivity contribution is 0.592.